The molecule has 1 heterocycles. The maximum absolute atomic E-state index is 12.7. The number of fused-ring (bicyclic) bond motifs is 1. The Hall–Kier alpha value is -4.54. The Morgan fingerprint density at radius 1 is 1.00 bits per heavy atom. The number of rotatable bonds is 14. The van der Waals surface area contributed by atoms with E-state index in [1.54, 1.807) is 19.1 Å². The number of nitro groups is 1. The van der Waals surface area contributed by atoms with Gasteiger partial charge in [-0.15, -0.1) is 0 Å². The normalized spacial score (nSPS) is 17.8. The lowest BCUT2D eigenvalue weighted by Crippen LogP contribution is -2.35. The van der Waals surface area contributed by atoms with E-state index in [1.165, 1.54) is 18.2 Å². The number of carbonyl (C=O) groups is 4. The first-order chi connectivity index (χ1) is 20.8. The average Bonchev–Trinajstić information content (AvgIpc) is 3.18. The first-order valence-corrected chi connectivity index (χ1v) is 15.0. The Morgan fingerprint density at radius 3 is 2.41 bits per heavy atom. The van der Waals surface area contributed by atoms with E-state index in [0.717, 1.165) is 16.9 Å². The van der Waals surface area contributed by atoms with E-state index in [0.29, 0.717) is 38.9 Å². The van der Waals surface area contributed by atoms with Crippen molar-refractivity contribution in [3.05, 3.63) is 87.3 Å². The van der Waals surface area contributed by atoms with Gasteiger partial charge in [0.15, 0.2) is 5.78 Å². The molecule has 236 valence electrons. The summed E-state index contributed by atoms with van der Waals surface area (Å²) in [6.45, 7) is 10.9. The second-order valence-corrected chi connectivity index (χ2v) is 11.9. The molecule has 2 aliphatic rings. The monoisotopic (exact) mass is 605 g/mol. The minimum atomic E-state index is -0.532. The topological polar surface area (TPSA) is 151 Å². The van der Waals surface area contributed by atoms with Gasteiger partial charge < -0.3 is 20.9 Å². The largest absolute Gasteiger partial charge is 0.356 e. The van der Waals surface area contributed by atoms with Gasteiger partial charge in [0.1, 0.15) is 0 Å². The van der Waals surface area contributed by atoms with Crippen molar-refractivity contribution in [2.24, 2.45) is 5.92 Å². The minimum Gasteiger partial charge on any atom is -0.356 e. The van der Waals surface area contributed by atoms with Crippen molar-refractivity contribution in [2.45, 2.75) is 71.8 Å². The van der Waals surface area contributed by atoms with Gasteiger partial charge in [0.05, 0.1) is 4.92 Å². The number of hydrogen-bond acceptors (Lipinski definition) is 7. The molecule has 3 amide bonds. The Kier molecular flexibility index (Phi) is 11.8. The zero-order valence-corrected chi connectivity index (χ0v) is 26.1. The fourth-order valence-corrected chi connectivity index (χ4v) is 5.21. The highest BCUT2D eigenvalue weighted by Crippen LogP contribution is 2.47. The van der Waals surface area contributed by atoms with Crippen LogP contribution in [0.2, 0.25) is 0 Å². The summed E-state index contributed by atoms with van der Waals surface area (Å²) in [6.07, 6.45) is 8.60. The quantitative estimate of drug-likeness (QED) is 0.126. The van der Waals surface area contributed by atoms with Crippen LogP contribution in [-0.2, 0) is 24.6 Å². The van der Waals surface area contributed by atoms with E-state index in [9.17, 15) is 29.3 Å². The molecule has 44 heavy (non-hydrogen) atoms. The van der Waals surface area contributed by atoms with Gasteiger partial charge in [-0.05, 0) is 56.5 Å². The van der Waals surface area contributed by atoms with Gasteiger partial charge in [-0.25, -0.2) is 0 Å². The number of ketones is 1. The summed E-state index contributed by atoms with van der Waals surface area (Å²) in [7, 11) is 0. The highest BCUT2D eigenvalue weighted by Gasteiger charge is 2.39. The maximum Gasteiger partial charge on any atom is 0.270 e. The highest BCUT2D eigenvalue weighted by molar-refractivity contribution is 6.07. The number of anilines is 1. The predicted octanol–water partition coefficient (Wildman–Crippen LogP) is 3.85. The zero-order valence-electron chi connectivity index (χ0n) is 26.1. The molecular weight excluding hydrogens is 562 g/mol. The summed E-state index contributed by atoms with van der Waals surface area (Å²) in [6, 6.07) is 7.98. The molecule has 0 saturated carbocycles. The molecule has 0 spiro atoms. The number of hydrogen-bond donors (Lipinski definition) is 3. The third kappa shape index (κ3) is 8.98. The molecule has 0 aromatic heterocycles. The number of para-hydroxylation sites is 1. The molecule has 0 radical (unpaired) electrons. The fraction of sp³-hybridized carbons (Fsp3) is 0.455. The Labute approximate surface area is 258 Å². The molecule has 3 rings (SSSR count). The van der Waals surface area contributed by atoms with Crippen LogP contribution < -0.4 is 20.9 Å². The summed E-state index contributed by atoms with van der Waals surface area (Å²) in [4.78, 5) is 62.0. The molecule has 1 atom stereocenters. The second kappa shape index (κ2) is 15.3. The van der Waals surface area contributed by atoms with Gasteiger partial charge in [0.25, 0.3) is 5.70 Å². The first kappa shape index (κ1) is 34.0. The van der Waals surface area contributed by atoms with Crippen LogP contribution in [0, 0.1) is 16.0 Å². The minimum absolute atomic E-state index is 0.0665. The summed E-state index contributed by atoms with van der Waals surface area (Å²) >= 11 is 0. The Bertz CT molecular complexity index is 1400. The van der Waals surface area contributed by atoms with E-state index < -0.39 is 10.3 Å². The lowest BCUT2D eigenvalue weighted by molar-refractivity contribution is -0.419. The lowest BCUT2D eigenvalue weighted by atomic mass is 9.83. The van der Waals surface area contributed by atoms with Crippen LogP contribution in [0.5, 0.6) is 0 Å². The first-order valence-electron chi connectivity index (χ1n) is 15.0. The van der Waals surface area contributed by atoms with Crippen LogP contribution in [0.15, 0.2) is 71.6 Å². The van der Waals surface area contributed by atoms with Crippen LogP contribution in [0.4, 0.5) is 5.69 Å². The van der Waals surface area contributed by atoms with Crippen LogP contribution in [0.25, 0.3) is 0 Å². The third-order valence-corrected chi connectivity index (χ3v) is 7.66. The predicted molar refractivity (Wildman–Crippen MR) is 169 cm³/mol. The number of amides is 3. The van der Waals surface area contributed by atoms with Crippen LogP contribution in [0.1, 0.15) is 65.9 Å². The molecule has 1 aliphatic heterocycles. The molecule has 11 nitrogen and oxygen atoms in total. The molecule has 0 fully saturated rings. The van der Waals surface area contributed by atoms with Crippen LogP contribution >= 0.6 is 0 Å². The maximum atomic E-state index is 12.7. The molecule has 1 unspecified atom stereocenters. The Balaban J connectivity index is 1.54. The van der Waals surface area contributed by atoms with E-state index >= 15 is 0 Å². The van der Waals surface area contributed by atoms with E-state index in [1.807, 2.05) is 38.1 Å². The van der Waals surface area contributed by atoms with Crippen LogP contribution in [-0.4, -0.2) is 54.1 Å². The summed E-state index contributed by atoms with van der Waals surface area (Å²) in [5.41, 5.74) is 2.54. The molecule has 1 aromatic rings. The van der Waals surface area contributed by atoms with E-state index in [2.05, 4.69) is 34.7 Å². The standard InChI is InChI=1S/C33H43N5O6/c1-22(2)36-31(41)16-11-23(3)32(42)35-19-8-18-34-30(40)17-20-37-27-10-7-6-9-26(27)33(4,5)29(37)15-12-24-21-25(38(43)44)13-14-28(24)39/h6-7,9-10,12-15,21-23H,8,11,16-20H2,1-5H3,(H,34,40)(H,35,42)(H,36,41)/b24-12-,29-15?. The van der Waals surface area contributed by atoms with Crippen molar-refractivity contribution in [1.82, 2.24) is 16.0 Å². The molecule has 11 heteroatoms. The molecular formula is C33H43N5O6. The second-order valence-electron chi connectivity index (χ2n) is 11.9. The van der Waals surface area contributed by atoms with Gasteiger partial charge in [0.2, 0.25) is 17.7 Å². The van der Waals surface area contributed by atoms with E-state index in [-0.39, 0.29) is 53.2 Å². The summed E-state index contributed by atoms with van der Waals surface area (Å²) < 4.78 is 0. The van der Waals surface area contributed by atoms with Gasteiger partial charge >= 0.3 is 0 Å². The van der Waals surface area contributed by atoms with Crippen molar-refractivity contribution in [3.63, 3.8) is 0 Å². The molecule has 3 N–H and O–H groups in total. The summed E-state index contributed by atoms with van der Waals surface area (Å²) in [5, 5.41) is 19.8. The number of nitrogens with zero attached hydrogens (tertiary/aromatic N) is 2. The SMILES string of the molecule is CC(C)NC(=O)CCC(C)C(=O)NCCCNC(=O)CCN1C(=C/C=C2/C=C([N+](=O)[O-])C=CC2=O)C(C)(C)c2ccccc21. The number of allylic oxidation sites excluding steroid dienone is 7. The van der Waals surface area contributed by atoms with Crippen LogP contribution in [0.3, 0.4) is 0 Å². The fourth-order valence-electron chi connectivity index (χ4n) is 5.21. The molecule has 1 aromatic carbocycles. The smallest absolute Gasteiger partial charge is 0.270 e. The zero-order chi connectivity index (χ0) is 32.4. The summed E-state index contributed by atoms with van der Waals surface area (Å²) in [5.74, 6) is -0.914. The highest BCUT2D eigenvalue weighted by atomic mass is 16.6. The number of carbonyl (C=O) groups excluding carboxylic acids is 4. The van der Waals surface area contributed by atoms with Crippen molar-refractivity contribution in [2.75, 3.05) is 24.5 Å². The average molecular weight is 606 g/mol. The van der Waals surface area contributed by atoms with Gasteiger partial charge in [-0.1, -0.05) is 39.0 Å². The lowest BCUT2D eigenvalue weighted by Gasteiger charge is -2.27. The number of nitrogens with one attached hydrogen (secondary N) is 3. The van der Waals surface area contributed by atoms with Crippen molar-refractivity contribution < 1.29 is 24.1 Å². The van der Waals surface area contributed by atoms with Gasteiger partial charge in [-0.2, -0.15) is 0 Å². The van der Waals surface area contributed by atoms with Crippen molar-refractivity contribution in [1.29, 1.82) is 0 Å². The van der Waals surface area contributed by atoms with E-state index in [4.69, 9.17) is 0 Å². The van der Waals surface area contributed by atoms with Crippen molar-refractivity contribution in [3.8, 4) is 0 Å². The van der Waals surface area contributed by atoms with Gasteiger partial charge in [-0.3, -0.25) is 29.3 Å². The van der Waals surface area contributed by atoms with Gasteiger partial charge in [0, 0.05) is 79.0 Å². The Morgan fingerprint density at radius 2 is 1.70 bits per heavy atom. The third-order valence-electron chi connectivity index (χ3n) is 7.66. The molecule has 1 aliphatic carbocycles. The number of benzene rings is 1. The molecule has 0 saturated heterocycles. The molecule has 0 bridgehead atoms. The van der Waals surface area contributed by atoms with Crippen molar-refractivity contribution >= 4 is 29.2 Å².